The predicted molar refractivity (Wildman–Crippen MR) is 75.1 cm³/mol. The fraction of sp³-hybridized carbons (Fsp3) is 0.500. The molecule has 1 fully saturated rings. The SMILES string of the molecule is CC1(CNCC(=O)NCc2cccc(Cl)c2F)COC1. The number of benzene rings is 1. The maximum absolute atomic E-state index is 13.6. The van der Waals surface area contributed by atoms with E-state index in [0.29, 0.717) is 5.56 Å². The Balaban J connectivity index is 1.71. The number of amides is 1. The molecule has 0 atom stereocenters. The van der Waals surface area contributed by atoms with Crippen molar-refractivity contribution in [3.05, 3.63) is 34.6 Å². The van der Waals surface area contributed by atoms with Crippen LogP contribution in [0.25, 0.3) is 0 Å². The van der Waals surface area contributed by atoms with Crippen molar-refractivity contribution < 1.29 is 13.9 Å². The Morgan fingerprint density at radius 3 is 2.90 bits per heavy atom. The lowest BCUT2D eigenvalue weighted by Crippen LogP contribution is -2.49. The molecule has 1 aliphatic rings. The minimum absolute atomic E-state index is 0.0628. The largest absolute Gasteiger partial charge is 0.380 e. The first-order chi connectivity index (χ1) is 9.50. The first-order valence-corrected chi connectivity index (χ1v) is 6.86. The van der Waals surface area contributed by atoms with E-state index in [1.54, 1.807) is 12.1 Å². The summed E-state index contributed by atoms with van der Waals surface area (Å²) in [5.74, 6) is -0.658. The number of halogens is 2. The molecule has 0 aliphatic carbocycles. The Kier molecular flexibility index (Phi) is 4.96. The Labute approximate surface area is 122 Å². The zero-order valence-corrected chi connectivity index (χ0v) is 12.1. The molecule has 1 aromatic rings. The zero-order chi connectivity index (χ0) is 14.6. The normalized spacial score (nSPS) is 16.6. The van der Waals surface area contributed by atoms with Crippen LogP contribution in [0.5, 0.6) is 0 Å². The summed E-state index contributed by atoms with van der Waals surface area (Å²) >= 11 is 5.67. The third kappa shape index (κ3) is 3.91. The number of ether oxygens (including phenoxy) is 1. The van der Waals surface area contributed by atoms with Gasteiger partial charge in [-0.2, -0.15) is 0 Å². The third-order valence-electron chi connectivity index (χ3n) is 3.25. The van der Waals surface area contributed by atoms with E-state index in [9.17, 15) is 9.18 Å². The van der Waals surface area contributed by atoms with Crippen molar-refractivity contribution in [3.8, 4) is 0 Å². The van der Waals surface area contributed by atoms with Crippen LogP contribution in [-0.4, -0.2) is 32.2 Å². The van der Waals surface area contributed by atoms with Gasteiger partial charge in [-0.25, -0.2) is 4.39 Å². The number of nitrogens with one attached hydrogen (secondary N) is 2. The van der Waals surface area contributed by atoms with Crippen molar-refractivity contribution in [2.75, 3.05) is 26.3 Å². The molecule has 1 amide bonds. The van der Waals surface area contributed by atoms with Gasteiger partial charge in [0, 0.05) is 24.1 Å². The summed E-state index contributed by atoms with van der Waals surface area (Å²) in [6.45, 7) is 4.60. The van der Waals surface area contributed by atoms with Crippen LogP contribution in [0.4, 0.5) is 4.39 Å². The molecular weight excluding hydrogens is 283 g/mol. The maximum Gasteiger partial charge on any atom is 0.234 e. The van der Waals surface area contributed by atoms with Crippen LogP contribution < -0.4 is 10.6 Å². The average Bonchev–Trinajstić information content (AvgIpc) is 2.38. The van der Waals surface area contributed by atoms with E-state index in [-0.39, 0.29) is 29.4 Å². The molecule has 2 N–H and O–H groups in total. The molecule has 6 heteroatoms. The van der Waals surface area contributed by atoms with Gasteiger partial charge in [0.15, 0.2) is 0 Å². The van der Waals surface area contributed by atoms with Gasteiger partial charge in [-0.05, 0) is 6.07 Å². The van der Waals surface area contributed by atoms with Crippen LogP contribution in [-0.2, 0) is 16.1 Å². The zero-order valence-electron chi connectivity index (χ0n) is 11.3. The van der Waals surface area contributed by atoms with Gasteiger partial charge >= 0.3 is 0 Å². The second-order valence-corrected chi connectivity index (χ2v) is 5.80. The summed E-state index contributed by atoms with van der Waals surface area (Å²) in [4.78, 5) is 11.6. The maximum atomic E-state index is 13.6. The molecule has 20 heavy (non-hydrogen) atoms. The Hall–Kier alpha value is -1.17. The van der Waals surface area contributed by atoms with Crippen LogP contribution in [0.1, 0.15) is 12.5 Å². The highest BCUT2D eigenvalue weighted by atomic mass is 35.5. The van der Waals surface area contributed by atoms with Crippen LogP contribution in [0.3, 0.4) is 0 Å². The summed E-state index contributed by atoms with van der Waals surface area (Å²) in [6.07, 6.45) is 0. The highest BCUT2D eigenvalue weighted by Gasteiger charge is 2.32. The number of carbonyl (C=O) groups is 1. The van der Waals surface area contributed by atoms with Crippen LogP contribution in [0.2, 0.25) is 5.02 Å². The Morgan fingerprint density at radius 1 is 1.50 bits per heavy atom. The Morgan fingerprint density at radius 2 is 2.25 bits per heavy atom. The lowest BCUT2D eigenvalue weighted by atomic mass is 9.89. The number of hydrogen-bond donors (Lipinski definition) is 2. The average molecular weight is 301 g/mol. The second-order valence-electron chi connectivity index (χ2n) is 5.40. The highest BCUT2D eigenvalue weighted by molar-refractivity contribution is 6.30. The quantitative estimate of drug-likeness (QED) is 0.841. The van der Waals surface area contributed by atoms with Crippen molar-refractivity contribution in [3.63, 3.8) is 0 Å². The third-order valence-corrected chi connectivity index (χ3v) is 3.54. The molecule has 0 radical (unpaired) electrons. The first-order valence-electron chi connectivity index (χ1n) is 6.48. The molecule has 4 nitrogen and oxygen atoms in total. The summed E-state index contributed by atoms with van der Waals surface area (Å²) in [6, 6.07) is 4.73. The number of carbonyl (C=O) groups excluding carboxylic acids is 1. The van der Waals surface area contributed by atoms with E-state index in [4.69, 9.17) is 16.3 Å². The first kappa shape index (κ1) is 15.2. The van der Waals surface area contributed by atoms with Crippen LogP contribution >= 0.6 is 11.6 Å². The van der Waals surface area contributed by atoms with E-state index in [1.165, 1.54) is 6.07 Å². The minimum atomic E-state index is -0.485. The van der Waals surface area contributed by atoms with E-state index in [0.717, 1.165) is 19.8 Å². The summed E-state index contributed by atoms with van der Waals surface area (Å²) in [7, 11) is 0. The van der Waals surface area contributed by atoms with Crippen molar-refractivity contribution >= 4 is 17.5 Å². The summed E-state index contributed by atoms with van der Waals surface area (Å²) in [5.41, 5.74) is 0.504. The van der Waals surface area contributed by atoms with Crippen molar-refractivity contribution in [2.24, 2.45) is 5.41 Å². The fourth-order valence-electron chi connectivity index (χ4n) is 1.97. The van der Waals surface area contributed by atoms with Gasteiger partial charge in [-0.15, -0.1) is 0 Å². The molecule has 0 saturated carbocycles. The smallest absolute Gasteiger partial charge is 0.234 e. The standard InChI is InChI=1S/C14H18ClFN2O2/c1-14(8-20-9-14)7-17-6-12(19)18-5-10-3-2-4-11(15)13(10)16/h2-4,17H,5-9H2,1H3,(H,18,19). The molecule has 110 valence electrons. The minimum Gasteiger partial charge on any atom is -0.380 e. The van der Waals surface area contributed by atoms with Gasteiger partial charge in [-0.3, -0.25) is 4.79 Å². The van der Waals surface area contributed by atoms with Crippen molar-refractivity contribution in [2.45, 2.75) is 13.5 Å². The molecule has 1 saturated heterocycles. The number of rotatable bonds is 6. The molecule has 0 aromatic heterocycles. The lowest BCUT2D eigenvalue weighted by Gasteiger charge is -2.38. The van der Waals surface area contributed by atoms with Gasteiger partial charge < -0.3 is 15.4 Å². The molecular formula is C14H18ClFN2O2. The second kappa shape index (κ2) is 6.52. The highest BCUT2D eigenvalue weighted by Crippen LogP contribution is 2.24. The fourth-order valence-corrected chi connectivity index (χ4v) is 2.17. The lowest BCUT2D eigenvalue weighted by molar-refractivity contribution is -0.121. The van der Waals surface area contributed by atoms with Gasteiger partial charge in [0.1, 0.15) is 5.82 Å². The van der Waals surface area contributed by atoms with E-state index < -0.39 is 5.82 Å². The summed E-state index contributed by atoms with van der Waals surface area (Å²) in [5, 5.41) is 5.80. The molecule has 0 spiro atoms. The van der Waals surface area contributed by atoms with Gasteiger partial charge in [-0.1, -0.05) is 30.7 Å². The van der Waals surface area contributed by atoms with Crippen molar-refractivity contribution in [1.29, 1.82) is 0 Å². The van der Waals surface area contributed by atoms with Crippen molar-refractivity contribution in [1.82, 2.24) is 10.6 Å². The molecule has 2 rings (SSSR count). The van der Waals surface area contributed by atoms with E-state index in [2.05, 4.69) is 17.6 Å². The Bertz CT molecular complexity index is 492. The molecule has 0 bridgehead atoms. The topological polar surface area (TPSA) is 50.4 Å². The predicted octanol–water partition coefficient (Wildman–Crippen LogP) is 1.72. The van der Waals surface area contributed by atoms with Crippen LogP contribution in [0.15, 0.2) is 18.2 Å². The van der Waals surface area contributed by atoms with Gasteiger partial charge in [0.05, 0.1) is 24.8 Å². The molecule has 1 aliphatic heterocycles. The van der Waals surface area contributed by atoms with E-state index >= 15 is 0 Å². The summed E-state index contributed by atoms with van der Waals surface area (Å²) < 4.78 is 18.7. The molecule has 1 heterocycles. The monoisotopic (exact) mass is 300 g/mol. The molecule has 1 aromatic carbocycles. The van der Waals surface area contributed by atoms with Crippen LogP contribution in [0, 0.1) is 11.2 Å². The van der Waals surface area contributed by atoms with Gasteiger partial charge in [0.2, 0.25) is 5.91 Å². The number of hydrogen-bond acceptors (Lipinski definition) is 3. The molecule has 0 unspecified atom stereocenters. The van der Waals surface area contributed by atoms with E-state index in [1.807, 2.05) is 0 Å². The van der Waals surface area contributed by atoms with Gasteiger partial charge in [0.25, 0.3) is 0 Å².